The maximum atomic E-state index is 12.5. The van der Waals surface area contributed by atoms with Crippen molar-refractivity contribution in [2.75, 3.05) is 6.67 Å². The molecule has 5 heteroatoms. The number of hydrogen-bond acceptors (Lipinski definition) is 2. The van der Waals surface area contributed by atoms with Gasteiger partial charge < -0.3 is 10.8 Å². The lowest BCUT2D eigenvalue weighted by atomic mass is 9.93. The van der Waals surface area contributed by atoms with Crippen LogP contribution in [0.3, 0.4) is 0 Å². The first-order chi connectivity index (χ1) is 6.50. The maximum absolute atomic E-state index is 12.5. The third-order valence-corrected chi connectivity index (χ3v) is 1.95. The number of carbonyl (C=O) groups is 1. The zero-order chi connectivity index (χ0) is 10.8. The number of benzene rings is 1. The molecule has 3 nitrogen and oxygen atoms in total. The van der Waals surface area contributed by atoms with Crippen molar-refractivity contribution in [2.24, 2.45) is 5.73 Å². The number of carboxylic acid groups (broad SMARTS) is 1. The molecule has 0 aliphatic rings. The highest BCUT2D eigenvalue weighted by atomic mass is 19.1. The number of alkyl halides is 1. The molecule has 0 saturated carbocycles. The van der Waals surface area contributed by atoms with E-state index in [-0.39, 0.29) is 5.56 Å². The maximum Gasteiger partial charge on any atom is 0.331 e. The average Bonchev–Trinajstić information content (AvgIpc) is 2.17. The molecule has 0 spiro atoms. The number of nitrogens with two attached hydrogens (primary N) is 1. The molecule has 1 atom stereocenters. The standard InChI is InChI=1S/C9H9F2NO2/c10-5-9(12,8(13)14)6-1-3-7(11)4-2-6/h1-4H,5,12H2,(H,13,14). The van der Waals surface area contributed by atoms with Crippen molar-refractivity contribution in [3.63, 3.8) is 0 Å². The molecule has 1 aromatic carbocycles. The Kier molecular flexibility index (Phi) is 2.81. The second-order valence-electron chi connectivity index (χ2n) is 2.92. The van der Waals surface area contributed by atoms with Gasteiger partial charge in [0.1, 0.15) is 12.5 Å². The van der Waals surface area contributed by atoms with Gasteiger partial charge in [-0.3, -0.25) is 0 Å². The van der Waals surface area contributed by atoms with Crippen molar-refractivity contribution in [1.82, 2.24) is 0 Å². The summed E-state index contributed by atoms with van der Waals surface area (Å²) in [6, 6.07) is 4.39. The summed E-state index contributed by atoms with van der Waals surface area (Å²) in [5, 5.41) is 8.70. The summed E-state index contributed by atoms with van der Waals surface area (Å²) in [4.78, 5) is 10.7. The van der Waals surface area contributed by atoms with Crippen LogP contribution in [0.25, 0.3) is 0 Å². The first-order valence-electron chi connectivity index (χ1n) is 3.85. The van der Waals surface area contributed by atoms with E-state index >= 15 is 0 Å². The zero-order valence-electron chi connectivity index (χ0n) is 7.21. The lowest BCUT2D eigenvalue weighted by molar-refractivity contribution is -0.144. The van der Waals surface area contributed by atoms with Gasteiger partial charge in [0.25, 0.3) is 0 Å². The van der Waals surface area contributed by atoms with Gasteiger partial charge in [-0.25, -0.2) is 13.6 Å². The van der Waals surface area contributed by atoms with Gasteiger partial charge in [0.05, 0.1) is 0 Å². The molecule has 0 fully saturated rings. The molecule has 0 aliphatic carbocycles. The van der Waals surface area contributed by atoms with Crippen molar-refractivity contribution in [2.45, 2.75) is 5.54 Å². The van der Waals surface area contributed by atoms with Crippen molar-refractivity contribution in [3.8, 4) is 0 Å². The van der Waals surface area contributed by atoms with E-state index in [1.165, 1.54) is 0 Å². The third-order valence-electron chi connectivity index (χ3n) is 1.95. The van der Waals surface area contributed by atoms with Gasteiger partial charge in [0.15, 0.2) is 5.54 Å². The molecule has 1 unspecified atom stereocenters. The lowest BCUT2D eigenvalue weighted by Crippen LogP contribution is -2.46. The smallest absolute Gasteiger partial charge is 0.331 e. The van der Waals surface area contributed by atoms with E-state index in [0.29, 0.717) is 0 Å². The van der Waals surface area contributed by atoms with Gasteiger partial charge >= 0.3 is 5.97 Å². The molecule has 3 N–H and O–H groups in total. The average molecular weight is 201 g/mol. The summed E-state index contributed by atoms with van der Waals surface area (Å²) in [7, 11) is 0. The molecule has 0 aliphatic heterocycles. The minimum atomic E-state index is -2.09. The number of halogens is 2. The molecule has 0 saturated heterocycles. The van der Waals surface area contributed by atoms with Crippen molar-refractivity contribution < 1.29 is 18.7 Å². The van der Waals surface area contributed by atoms with Crippen LogP contribution in [0.4, 0.5) is 8.78 Å². The summed E-state index contributed by atoms with van der Waals surface area (Å²) >= 11 is 0. The number of aliphatic carboxylic acids is 1. The van der Waals surface area contributed by atoms with Gasteiger partial charge in [-0.1, -0.05) is 12.1 Å². The van der Waals surface area contributed by atoms with Gasteiger partial charge in [-0.2, -0.15) is 0 Å². The van der Waals surface area contributed by atoms with E-state index in [2.05, 4.69) is 0 Å². The predicted molar refractivity (Wildman–Crippen MR) is 45.9 cm³/mol. The molecule has 0 amide bonds. The SMILES string of the molecule is NC(CF)(C(=O)O)c1ccc(F)cc1. The number of hydrogen-bond donors (Lipinski definition) is 2. The van der Waals surface area contributed by atoms with Crippen molar-refractivity contribution in [1.29, 1.82) is 0 Å². The first-order valence-corrected chi connectivity index (χ1v) is 3.85. The van der Waals surface area contributed by atoms with Crippen LogP contribution in [0.15, 0.2) is 24.3 Å². The van der Waals surface area contributed by atoms with E-state index in [0.717, 1.165) is 24.3 Å². The summed E-state index contributed by atoms with van der Waals surface area (Å²) in [5.74, 6) is -2.01. The lowest BCUT2D eigenvalue weighted by Gasteiger charge is -2.21. The minimum absolute atomic E-state index is 0.0360. The van der Waals surface area contributed by atoms with Gasteiger partial charge in [0.2, 0.25) is 0 Å². The van der Waals surface area contributed by atoms with Crippen LogP contribution in [0.1, 0.15) is 5.56 Å². The van der Waals surface area contributed by atoms with Crippen LogP contribution >= 0.6 is 0 Å². The largest absolute Gasteiger partial charge is 0.480 e. The molecule has 14 heavy (non-hydrogen) atoms. The third kappa shape index (κ3) is 1.72. The van der Waals surface area contributed by atoms with Gasteiger partial charge in [-0.15, -0.1) is 0 Å². The topological polar surface area (TPSA) is 63.3 Å². The first kappa shape index (κ1) is 10.6. The molecule has 0 bridgehead atoms. The molecular weight excluding hydrogens is 192 g/mol. The van der Waals surface area contributed by atoms with Crippen LogP contribution in [-0.4, -0.2) is 17.8 Å². The van der Waals surface area contributed by atoms with E-state index < -0.39 is 24.0 Å². The predicted octanol–water partition coefficient (Wildman–Crippen LogP) is 1.03. The Labute approximate surface area is 79.2 Å². The highest BCUT2D eigenvalue weighted by molar-refractivity contribution is 5.80. The molecule has 1 aromatic rings. The number of rotatable bonds is 3. The Balaban J connectivity index is 3.13. The molecule has 0 aromatic heterocycles. The molecule has 76 valence electrons. The monoisotopic (exact) mass is 201 g/mol. The highest BCUT2D eigenvalue weighted by Crippen LogP contribution is 2.19. The molecule has 0 heterocycles. The van der Waals surface area contributed by atoms with E-state index in [1.807, 2.05) is 0 Å². The van der Waals surface area contributed by atoms with E-state index in [9.17, 15) is 13.6 Å². The fraction of sp³-hybridized carbons (Fsp3) is 0.222. The Morgan fingerprint density at radius 3 is 2.29 bits per heavy atom. The van der Waals surface area contributed by atoms with Gasteiger partial charge in [-0.05, 0) is 17.7 Å². The minimum Gasteiger partial charge on any atom is -0.480 e. The number of carboxylic acids is 1. The molecule has 1 rings (SSSR count). The van der Waals surface area contributed by atoms with Crippen molar-refractivity contribution >= 4 is 5.97 Å². The Morgan fingerprint density at radius 1 is 1.43 bits per heavy atom. The second kappa shape index (κ2) is 3.71. The Bertz CT molecular complexity index is 339. The fourth-order valence-electron chi connectivity index (χ4n) is 1.01. The quantitative estimate of drug-likeness (QED) is 0.767. The summed E-state index contributed by atoms with van der Waals surface area (Å²) in [6.07, 6.45) is 0. The summed E-state index contributed by atoms with van der Waals surface area (Å²) < 4.78 is 25.0. The molecule has 0 radical (unpaired) electrons. The Morgan fingerprint density at radius 2 is 1.93 bits per heavy atom. The Hall–Kier alpha value is -1.49. The summed E-state index contributed by atoms with van der Waals surface area (Å²) in [6.45, 7) is -1.24. The zero-order valence-corrected chi connectivity index (χ0v) is 7.21. The van der Waals surface area contributed by atoms with Gasteiger partial charge in [0, 0.05) is 0 Å². The van der Waals surface area contributed by atoms with Crippen molar-refractivity contribution in [3.05, 3.63) is 35.6 Å². The van der Waals surface area contributed by atoms with Crippen LogP contribution in [0, 0.1) is 5.82 Å². The summed E-state index contributed by atoms with van der Waals surface area (Å²) in [5.41, 5.74) is 3.26. The van der Waals surface area contributed by atoms with Crippen LogP contribution in [0.5, 0.6) is 0 Å². The van der Waals surface area contributed by atoms with E-state index in [1.54, 1.807) is 0 Å². The normalized spacial score (nSPS) is 14.8. The molecular formula is C9H9F2NO2. The van der Waals surface area contributed by atoms with Crippen LogP contribution in [-0.2, 0) is 10.3 Å². The highest BCUT2D eigenvalue weighted by Gasteiger charge is 2.36. The van der Waals surface area contributed by atoms with Crippen LogP contribution < -0.4 is 5.73 Å². The van der Waals surface area contributed by atoms with E-state index in [4.69, 9.17) is 10.8 Å². The van der Waals surface area contributed by atoms with Crippen LogP contribution in [0.2, 0.25) is 0 Å². The second-order valence-corrected chi connectivity index (χ2v) is 2.92. The fourth-order valence-corrected chi connectivity index (χ4v) is 1.01.